The standard InChI is InChI=1S/C27H22N8O7/c28-7-2-1-4-14-15-8-39-26(32-15)19-12-41-24(34-19)17-10-37-21(29-17)5-3-6-22-30-18(11-38-22)25-35-20(13-42-25)27-33-16(9-40-27)23(36)31-14/h3,6,8-14H,1-2,4-5,7,28H2,(H,31,36)/b6-3+. The molecule has 212 valence electrons. The van der Waals surface area contributed by atoms with E-state index in [2.05, 4.69) is 35.2 Å². The largest absolute Gasteiger partial charge is 0.448 e. The fourth-order valence-electron chi connectivity index (χ4n) is 4.28. The highest BCUT2D eigenvalue weighted by atomic mass is 16.4. The molecule has 0 spiro atoms. The number of carbonyl (C=O) groups excluding carboxylic acids is 1. The van der Waals surface area contributed by atoms with Gasteiger partial charge >= 0.3 is 0 Å². The van der Waals surface area contributed by atoms with Crippen molar-refractivity contribution in [2.75, 3.05) is 6.54 Å². The van der Waals surface area contributed by atoms with Crippen molar-refractivity contribution in [1.82, 2.24) is 35.2 Å². The van der Waals surface area contributed by atoms with Crippen LogP contribution in [0.3, 0.4) is 0 Å². The topological polar surface area (TPSA) is 211 Å². The molecule has 7 rings (SSSR count). The van der Waals surface area contributed by atoms with E-state index in [0.29, 0.717) is 53.9 Å². The molecule has 6 aromatic heterocycles. The molecule has 7 heterocycles. The lowest BCUT2D eigenvalue weighted by atomic mass is 10.1. The van der Waals surface area contributed by atoms with Crippen LogP contribution in [0, 0.1) is 0 Å². The Balaban J connectivity index is 1.24. The smallest absolute Gasteiger partial charge is 0.273 e. The lowest BCUT2D eigenvalue weighted by Crippen LogP contribution is -2.29. The van der Waals surface area contributed by atoms with E-state index < -0.39 is 11.9 Å². The molecule has 1 amide bonds. The average Bonchev–Trinajstić information content (AvgIpc) is 3.82. The van der Waals surface area contributed by atoms with Crippen LogP contribution in [0.2, 0.25) is 0 Å². The molecule has 3 N–H and O–H groups in total. The van der Waals surface area contributed by atoms with Gasteiger partial charge in [-0.05, 0) is 31.9 Å². The SMILES string of the molecule is NCCCCC1NC(=O)c2coc(n2)-c2coc(n2)-c2coc(n2)/C=C/Cc2nc(co2)-c2nc(co2)-c2nc1co2. The molecule has 1 atom stereocenters. The maximum Gasteiger partial charge on any atom is 0.273 e. The Kier molecular flexibility index (Phi) is 6.52. The number of amides is 1. The third-order valence-corrected chi connectivity index (χ3v) is 6.38. The number of nitrogens with zero attached hydrogens (tertiary/aromatic N) is 6. The summed E-state index contributed by atoms with van der Waals surface area (Å²) < 4.78 is 33.4. The summed E-state index contributed by atoms with van der Waals surface area (Å²) in [4.78, 5) is 39.7. The van der Waals surface area contributed by atoms with Crippen LogP contribution in [0.1, 0.15) is 53.3 Å². The second-order valence-corrected chi connectivity index (χ2v) is 9.31. The van der Waals surface area contributed by atoms with Crippen molar-refractivity contribution in [3.8, 4) is 46.3 Å². The van der Waals surface area contributed by atoms with E-state index in [4.69, 9.17) is 32.2 Å². The number of nitrogens with one attached hydrogen (secondary N) is 1. The van der Waals surface area contributed by atoms with Gasteiger partial charge in [-0.25, -0.2) is 29.9 Å². The van der Waals surface area contributed by atoms with Crippen LogP contribution in [0.25, 0.3) is 52.4 Å². The third-order valence-electron chi connectivity index (χ3n) is 6.38. The zero-order valence-electron chi connectivity index (χ0n) is 21.9. The van der Waals surface area contributed by atoms with Crippen LogP contribution < -0.4 is 11.1 Å². The highest BCUT2D eigenvalue weighted by Gasteiger charge is 2.24. The average molecular weight is 571 g/mol. The predicted octanol–water partition coefficient (Wildman–Crippen LogP) is 4.45. The molecule has 12 bridgehead atoms. The van der Waals surface area contributed by atoms with Crippen LogP contribution in [0.4, 0.5) is 0 Å². The quantitative estimate of drug-likeness (QED) is 0.280. The maximum atomic E-state index is 13.2. The second kappa shape index (κ2) is 10.8. The first-order chi connectivity index (χ1) is 20.6. The minimum Gasteiger partial charge on any atom is -0.448 e. The van der Waals surface area contributed by atoms with E-state index in [1.54, 1.807) is 12.2 Å². The molecule has 0 aliphatic carbocycles. The summed E-state index contributed by atoms with van der Waals surface area (Å²) in [5, 5.41) is 2.95. The molecule has 6 aromatic rings. The van der Waals surface area contributed by atoms with Crippen LogP contribution in [-0.4, -0.2) is 42.4 Å². The summed E-state index contributed by atoms with van der Waals surface area (Å²) in [6.45, 7) is 0.522. The Bertz CT molecular complexity index is 1870. The third kappa shape index (κ3) is 5.03. The highest BCUT2D eigenvalue weighted by molar-refractivity contribution is 5.92. The summed E-state index contributed by atoms with van der Waals surface area (Å²) in [6.07, 6.45) is 14.2. The van der Waals surface area contributed by atoms with Crippen molar-refractivity contribution >= 4 is 12.0 Å². The number of nitrogens with two attached hydrogens (primary N) is 1. The fraction of sp³-hybridized carbons (Fsp3) is 0.222. The molecule has 1 aliphatic heterocycles. The number of hydrogen-bond acceptors (Lipinski definition) is 14. The van der Waals surface area contributed by atoms with Crippen molar-refractivity contribution in [2.24, 2.45) is 5.73 Å². The van der Waals surface area contributed by atoms with Gasteiger partial charge in [-0.1, -0.05) is 6.08 Å². The molecule has 15 nitrogen and oxygen atoms in total. The number of aromatic nitrogens is 6. The summed E-state index contributed by atoms with van der Waals surface area (Å²) in [5.41, 5.74) is 7.65. The van der Waals surface area contributed by atoms with Gasteiger partial charge in [0, 0.05) is 6.42 Å². The monoisotopic (exact) mass is 570 g/mol. The first-order valence-corrected chi connectivity index (χ1v) is 13.0. The van der Waals surface area contributed by atoms with Crippen molar-refractivity contribution in [3.05, 3.63) is 66.8 Å². The lowest BCUT2D eigenvalue weighted by molar-refractivity contribution is 0.0928. The van der Waals surface area contributed by atoms with Crippen molar-refractivity contribution in [1.29, 1.82) is 0 Å². The summed E-state index contributed by atoms with van der Waals surface area (Å²) in [5.74, 6) is 1.03. The molecular formula is C27H22N8O7. The number of oxazole rings is 6. The Labute approximate surface area is 235 Å². The number of carbonyl (C=O) groups is 1. The summed E-state index contributed by atoms with van der Waals surface area (Å²) in [7, 11) is 0. The van der Waals surface area contributed by atoms with E-state index in [-0.39, 0.29) is 35.0 Å². The summed E-state index contributed by atoms with van der Waals surface area (Å²) >= 11 is 0. The number of hydrogen-bond donors (Lipinski definition) is 2. The van der Waals surface area contributed by atoms with E-state index >= 15 is 0 Å². The zero-order valence-corrected chi connectivity index (χ0v) is 21.9. The van der Waals surface area contributed by atoms with Gasteiger partial charge in [0.05, 0.1) is 6.04 Å². The lowest BCUT2D eigenvalue weighted by Gasteiger charge is -2.15. The van der Waals surface area contributed by atoms with Gasteiger partial charge in [0.15, 0.2) is 34.4 Å². The number of rotatable bonds is 4. The van der Waals surface area contributed by atoms with Gasteiger partial charge in [-0.15, -0.1) is 0 Å². The Hall–Kier alpha value is -5.57. The first kappa shape index (κ1) is 25.4. The minimum absolute atomic E-state index is 0.0542. The summed E-state index contributed by atoms with van der Waals surface area (Å²) in [6, 6.07) is -0.496. The van der Waals surface area contributed by atoms with Crippen LogP contribution in [-0.2, 0) is 6.42 Å². The first-order valence-electron chi connectivity index (χ1n) is 13.0. The molecule has 1 aliphatic rings. The molecule has 0 saturated heterocycles. The van der Waals surface area contributed by atoms with Gasteiger partial charge in [0.25, 0.3) is 5.91 Å². The van der Waals surface area contributed by atoms with Gasteiger partial charge in [0.2, 0.25) is 29.5 Å². The van der Waals surface area contributed by atoms with Gasteiger partial charge < -0.3 is 37.6 Å². The molecular weight excluding hydrogens is 548 g/mol. The van der Waals surface area contributed by atoms with E-state index in [1.807, 2.05) is 0 Å². The van der Waals surface area contributed by atoms with Crippen molar-refractivity contribution < 1.29 is 31.3 Å². The Morgan fingerprint density at radius 1 is 0.690 bits per heavy atom. The van der Waals surface area contributed by atoms with Gasteiger partial charge in [0.1, 0.15) is 43.3 Å². The molecule has 0 fully saturated rings. The fourth-order valence-corrected chi connectivity index (χ4v) is 4.28. The van der Waals surface area contributed by atoms with E-state index in [1.165, 1.54) is 37.6 Å². The van der Waals surface area contributed by atoms with E-state index in [0.717, 1.165) is 12.8 Å². The molecule has 42 heavy (non-hydrogen) atoms. The van der Waals surface area contributed by atoms with E-state index in [9.17, 15) is 4.79 Å². The van der Waals surface area contributed by atoms with Crippen molar-refractivity contribution in [3.63, 3.8) is 0 Å². The Morgan fingerprint density at radius 3 is 2.05 bits per heavy atom. The number of fused-ring (bicyclic) bond motifs is 16. The molecule has 0 aromatic carbocycles. The van der Waals surface area contributed by atoms with Gasteiger partial charge in [-0.2, -0.15) is 0 Å². The molecule has 0 radical (unpaired) electrons. The molecule has 0 saturated carbocycles. The minimum atomic E-state index is -0.496. The van der Waals surface area contributed by atoms with Crippen LogP contribution in [0.5, 0.6) is 0 Å². The molecule has 15 heteroatoms. The maximum absolute atomic E-state index is 13.2. The Morgan fingerprint density at radius 2 is 1.29 bits per heavy atom. The zero-order chi connectivity index (χ0) is 28.5. The second-order valence-electron chi connectivity index (χ2n) is 9.31. The molecule has 1 unspecified atom stereocenters. The van der Waals surface area contributed by atoms with Crippen molar-refractivity contribution in [2.45, 2.75) is 31.7 Å². The highest BCUT2D eigenvalue weighted by Crippen LogP contribution is 2.28. The predicted molar refractivity (Wildman–Crippen MR) is 141 cm³/mol. The van der Waals surface area contributed by atoms with Gasteiger partial charge in [-0.3, -0.25) is 4.79 Å². The number of unbranched alkanes of at least 4 members (excludes halogenated alkanes) is 1. The van der Waals surface area contributed by atoms with Crippen LogP contribution in [0.15, 0.2) is 70.2 Å². The normalized spacial score (nSPS) is 15.7. The number of allylic oxidation sites excluding steroid dienone is 1. The van der Waals surface area contributed by atoms with Crippen LogP contribution >= 0.6 is 0 Å².